The van der Waals surface area contributed by atoms with Gasteiger partial charge in [0.2, 0.25) is 0 Å². The Balaban J connectivity index is 2.06. The van der Waals surface area contributed by atoms with Crippen LogP contribution in [-0.2, 0) is 4.79 Å². The Morgan fingerprint density at radius 1 is 1.14 bits per heavy atom. The first-order valence-electron chi connectivity index (χ1n) is 6.91. The molecule has 2 aromatic heterocycles. The van der Waals surface area contributed by atoms with Crippen LogP contribution < -0.4 is 10.6 Å². The number of imide groups is 1. The number of amides is 3. The standard InChI is InChI=1S/C16H16N4O2/c1-9-4-5-17-14(6-9)20-10(2)7-12(11(20)3)8-13-15(21)19-16(22)18-13/h4-8H,1-3H3,(H2,18,19,21,22)/b13-8+. The van der Waals surface area contributed by atoms with E-state index >= 15 is 0 Å². The van der Waals surface area contributed by atoms with Crippen molar-refractivity contribution >= 4 is 18.0 Å². The molecule has 0 saturated carbocycles. The summed E-state index contributed by atoms with van der Waals surface area (Å²) in [6.07, 6.45) is 3.45. The number of carbonyl (C=O) groups is 2. The Kier molecular flexibility index (Phi) is 3.29. The SMILES string of the molecule is Cc1ccnc(-n2c(C)cc(/C=C3/NC(=O)NC3=O)c2C)c1. The van der Waals surface area contributed by atoms with Crippen LogP contribution in [0.1, 0.15) is 22.5 Å². The molecule has 0 atom stereocenters. The van der Waals surface area contributed by atoms with Gasteiger partial charge in [0.15, 0.2) is 0 Å². The van der Waals surface area contributed by atoms with Crippen molar-refractivity contribution in [2.24, 2.45) is 0 Å². The minimum Gasteiger partial charge on any atom is -0.303 e. The molecular weight excluding hydrogens is 280 g/mol. The highest BCUT2D eigenvalue weighted by Crippen LogP contribution is 2.22. The first kappa shape index (κ1) is 14.1. The Morgan fingerprint density at radius 2 is 1.91 bits per heavy atom. The monoisotopic (exact) mass is 296 g/mol. The predicted molar refractivity (Wildman–Crippen MR) is 82.4 cm³/mol. The van der Waals surface area contributed by atoms with Crippen LogP contribution in [0.2, 0.25) is 0 Å². The molecule has 6 nitrogen and oxygen atoms in total. The van der Waals surface area contributed by atoms with E-state index in [0.29, 0.717) is 0 Å². The van der Waals surface area contributed by atoms with Crippen LogP contribution in [0.25, 0.3) is 11.9 Å². The van der Waals surface area contributed by atoms with E-state index in [0.717, 1.165) is 28.3 Å². The lowest BCUT2D eigenvalue weighted by atomic mass is 10.2. The minimum absolute atomic E-state index is 0.252. The summed E-state index contributed by atoms with van der Waals surface area (Å²) in [6, 6.07) is 5.41. The van der Waals surface area contributed by atoms with Gasteiger partial charge in [-0.15, -0.1) is 0 Å². The zero-order valence-electron chi connectivity index (χ0n) is 12.6. The molecule has 0 radical (unpaired) electrons. The highest BCUT2D eigenvalue weighted by molar-refractivity contribution is 6.14. The third kappa shape index (κ3) is 2.39. The molecule has 0 bridgehead atoms. The zero-order valence-corrected chi connectivity index (χ0v) is 12.6. The van der Waals surface area contributed by atoms with E-state index in [1.54, 1.807) is 12.3 Å². The number of urea groups is 1. The molecule has 1 saturated heterocycles. The second-order valence-corrected chi connectivity index (χ2v) is 5.32. The fourth-order valence-corrected chi connectivity index (χ4v) is 2.57. The van der Waals surface area contributed by atoms with Crippen LogP contribution in [-0.4, -0.2) is 21.5 Å². The quantitative estimate of drug-likeness (QED) is 0.657. The number of hydrogen-bond donors (Lipinski definition) is 2. The minimum atomic E-state index is -0.495. The summed E-state index contributed by atoms with van der Waals surface area (Å²) in [6.45, 7) is 5.95. The van der Waals surface area contributed by atoms with E-state index in [1.165, 1.54) is 0 Å². The molecule has 6 heteroatoms. The number of pyridine rings is 1. The molecule has 3 rings (SSSR count). The summed E-state index contributed by atoms with van der Waals surface area (Å²) < 4.78 is 2.02. The maximum absolute atomic E-state index is 11.6. The number of aryl methyl sites for hydroxylation is 2. The van der Waals surface area contributed by atoms with Gasteiger partial charge < -0.3 is 9.88 Å². The molecule has 1 fully saturated rings. The van der Waals surface area contributed by atoms with Gasteiger partial charge in [-0.1, -0.05) is 0 Å². The van der Waals surface area contributed by atoms with Gasteiger partial charge in [0.1, 0.15) is 11.5 Å². The molecular formula is C16H16N4O2. The number of nitrogens with one attached hydrogen (secondary N) is 2. The second kappa shape index (κ2) is 5.14. The van der Waals surface area contributed by atoms with Crippen molar-refractivity contribution in [3.63, 3.8) is 0 Å². The first-order chi connectivity index (χ1) is 10.5. The smallest absolute Gasteiger partial charge is 0.303 e. The van der Waals surface area contributed by atoms with E-state index in [4.69, 9.17) is 0 Å². The van der Waals surface area contributed by atoms with Crippen molar-refractivity contribution in [3.05, 3.63) is 52.6 Å². The highest BCUT2D eigenvalue weighted by Gasteiger charge is 2.23. The van der Waals surface area contributed by atoms with E-state index in [9.17, 15) is 9.59 Å². The lowest BCUT2D eigenvalue weighted by molar-refractivity contribution is -0.115. The normalized spacial score (nSPS) is 16.0. The maximum atomic E-state index is 11.6. The highest BCUT2D eigenvalue weighted by atomic mass is 16.2. The van der Waals surface area contributed by atoms with Crippen LogP contribution >= 0.6 is 0 Å². The number of carbonyl (C=O) groups excluding carboxylic acids is 2. The van der Waals surface area contributed by atoms with E-state index in [1.807, 2.05) is 43.5 Å². The first-order valence-corrected chi connectivity index (χ1v) is 6.91. The fraction of sp³-hybridized carbons (Fsp3) is 0.188. The van der Waals surface area contributed by atoms with E-state index in [-0.39, 0.29) is 5.70 Å². The Bertz CT molecular complexity index is 818. The molecule has 0 aliphatic carbocycles. The third-order valence-corrected chi connectivity index (χ3v) is 3.62. The maximum Gasteiger partial charge on any atom is 0.326 e. The van der Waals surface area contributed by atoms with Gasteiger partial charge in [-0.2, -0.15) is 0 Å². The average Bonchev–Trinajstić information content (AvgIpc) is 2.90. The lowest BCUT2D eigenvalue weighted by Crippen LogP contribution is -2.22. The largest absolute Gasteiger partial charge is 0.326 e. The van der Waals surface area contributed by atoms with Gasteiger partial charge in [-0.3, -0.25) is 10.1 Å². The molecule has 1 aliphatic heterocycles. The molecule has 2 N–H and O–H groups in total. The number of hydrogen-bond acceptors (Lipinski definition) is 3. The van der Waals surface area contributed by atoms with Crippen LogP contribution in [0.4, 0.5) is 4.79 Å². The lowest BCUT2D eigenvalue weighted by Gasteiger charge is -2.09. The zero-order chi connectivity index (χ0) is 15.9. The summed E-state index contributed by atoms with van der Waals surface area (Å²) in [5.74, 6) is 0.419. The fourth-order valence-electron chi connectivity index (χ4n) is 2.57. The van der Waals surface area contributed by atoms with Crippen LogP contribution in [0, 0.1) is 20.8 Å². The van der Waals surface area contributed by atoms with Gasteiger partial charge in [-0.25, -0.2) is 9.78 Å². The predicted octanol–water partition coefficient (Wildman–Crippen LogP) is 1.98. The molecule has 2 aromatic rings. The van der Waals surface area contributed by atoms with Crippen LogP contribution in [0.3, 0.4) is 0 Å². The van der Waals surface area contributed by atoms with E-state index < -0.39 is 11.9 Å². The molecule has 22 heavy (non-hydrogen) atoms. The number of aromatic nitrogens is 2. The number of nitrogens with zero attached hydrogens (tertiary/aromatic N) is 2. The Hall–Kier alpha value is -2.89. The summed E-state index contributed by atoms with van der Waals surface area (Å²) in [7, 11) is 0. The Labute approximate surface area is 127 Å². The molecule has 3 heterocycles. The van der Waals surface area contributed by atoms with Crippen molar-refractivity contribution in [1.29, 1.82) is 0 Å². The molecule has 0 spiro atoms. The van der Waals surface area contributed by atoms with Crippen molar-refractivity contribution in [2.75, 3.05) is 0 Å². The van der Waals surface area contributed by atoms with Crippen molar-refractivity contribution in [2.45, 2.75) is 20.8 Å². The van der Waals surface area contributed by atoms with Gasteiger partial charge in [0.25, 0.3) is 5.91 Å². The molecule has 0 unspecified atom stereocenters. The van der Waals surface area contributed by atoms with E-state index in [2.05, 4.69) is 15.6 Å². The molecule has 1 aliphatic rings. The summed E-state index contributed by atoms with van der Waals surface area (Å²) >= 11 is 0. The number of rotatable bonds is 2. The third-order valence-electron chi connectivity index (χ3n) is 3.62. The molecule has 3 amide bonds. The van der Waals surface area contributed by atoms with Crippen molar-refractivity contribution in [3.8, 4) is 5.82 Å². The molecule has 112 valence electrons. The second-order valence-electron chi connectivity index (χ2n) is 5.32. The van der Waals surface area contributed by atoms with Gasteiger partial charge in [-0.05, 0) is 56.2 Å². The van der Waals surface area contributed by atoms with Gasteiger partial charge >= 0.3 is 6.03 Å². The van der Waals surface area contributed by atoms with Crippen LogP contribution in [0.5, 0.6) is 0 Å². The summed E-state index contributed by atoms with van der Waals surface area (Å²) in [4.78, 5) is 27.2. The summed E-state index contributed by atoms with van der Waals surface area (Å²) in [5, 5.41) is 4.68. The summed E-state index contributed by atoms with van der Waals surface area (Å²) in [5.41, 5.74) is 4.21. The topological polar surface area (TPSA) is 76.0 Å². The van der Waals surface area contributed by atoms with Gasteiger partial charge in [0, 0.05) is 17.6 Å². The van der Waals surface area contributed by atoms with Gasteiger partial charge in [0.05, 0.1) is 0 Å². The van der Waals surface area contributed by atoms with Crippen LogP contribution in [0.15, 0.2) is 30.1 Å². The van der Waals surface area contributed by atoms with Crippen molar-refractivity contribution < 1.29 is 9.59 Å². The Morgan fingerprint density at radius 3 is 2.55 bits per heavy atom. The average molecular weight is 296 g/mol. The molecule has 0 aromatic carbocycles. The van der Waals surface area contributed by atoms with Crippen molar-refractivity contribution in [1.82, 2.24) is 20.2 Å².